The fourth-order valence-corrected chi connectivity index (χ4v) is 3.45. The lowest BCUT2D eigenvalue weighted by atomic mass is 10.1. The first kappa shape index (κ1) is 18.2. The van der Waals surface area contributed by atoms with E-state index in [0.29, 0.717) is 5.88 Å². The topological polar surface area (TPSA) is 67.3 Å². The van der Waals surface area contributed by atoms with Crippen molar-refractivity contribution in [2.24, 2.45) is 0 Å². The van der Waals surface area contributed by atoms with E-state index in [1.165, 1.54) is 0 Å². The summed E-state index contributed by atoms with van der Waals surface area (Å²) in [5, 5.41) is 0. The molecule has 1 aliphatic heterocycles. The molecule has 0 N–H and O–H groups in total. The minimum absolute atomic E-state index is 0.633. The third-order valence-electron chi connectivity index (χ3n) is 5.00. The summed E-state index contributed by atoms with van der Waals surface area (Å²) in [7, 11) is 1.63. The van der Waals surface area contributed by atoms with E-state index in [4.69, 9.17) is 9.72 Å². The smallest absolute Gasteiger partial charge is 0.225 e. The maximum Gasteiger partial charge on any atom is 0.225 e. The first-order valence-electron chi connectivity index (χ1n) is 9.41. The van der Waals surface area contributed by atoms with Crippen molar-refractivity contribution in [3.8, 4) is 17.1 Å². The Hall–Kier alpha value is -3.22. The third kappa shape index (κ3) is 3.74. The van der Waals surface area contributed by atoms with Gasteiger partial charge in [-0.2, -0.15) is 0 Å². The molecule has 0 amide bonds. The number of nitrogens with zero attached hydrogens (tertiary/aromatic N) is 6. The Kier molecular flexibility index (Phi) is 5.06. The number of hydrogen-bond donors (Lipinski definition) is 0. The van der Waals surface area contributed by atoms with Crippen LogP contribution in [0.25, 0.3) is 11.3 Å². The van der Waals surface area contributed by atoms with Crippen LogP contribution in [0.4, 0.5) is 11.6 Å². The highest BCUT2D eigenvalue weighted by molar-refractivity contribution is 5.63. The Balaban J connectivity index is 1.47. The maximum absolute atomic E-state index is 5.14. The summed E-state index contributed by atoms with van der Waals surface area (Å²) in [5.41, 5.74) is 5.08. The molecule has 3 aromatic rings. The van der Waals surface area contributed by atoms with Gasteiger partial charge in [0.1, 0.15) is 0 Å². The summed E-state index contributed by atoms with van der Waals surface area (Å²) < 4.78 is 5.14. The van der Waals surface area contributed by atoms with Gasteiger partial charge < -0.3 is 14.5 Å². The molecular formula is C21H24N6O. The van der Waals surface area contributed by atoms with Crippen LogP contribution in [0, 0.1) is 13.8 Å². The van der Waals surface area contributed by atoms with E-state index in [9.17, 15) is 0 Å². The van der Waals surface area contributed by atoms with Gasteiger partial charge in [0.05, 0.1) is 24.7 Å². The number of aromatic nitrogens is 4. The Morgan fingerprint density at radius 1 is 0.857 bits per heavy atom. The number of methoxy groups -OCH3 is 1. The Bertz CT molecular complexity index is 951. The van der Waals surface area contributed by atoms with Gasteiger partial charge in [-0.15, -0.1) is 0 Å². The van der Waals surface area contributed by atoms with Crippen molar-refractivity contribution in [2.75, 3.05) is 43.1 Å². The van der Waals surface area contributed by atoms with Crippen molar-refractivity contribution < 1.29 is 4.74 Å². The number of ether oxygens (including phenoxy) is 1. The third-order valence-corrected chi connectivity index (χ3v) is 5.00. The van der Waals surface area contributed by atoms with E-state index >= 15 is 0 Å². The zero-order valence-corrected chi connectivity index (χ0v) is 16.5. The Morgan fingerprint density at radius 2 is 1.64 bits per heavy atom. The molecule has 28 heavy (non-hydrogen) atoms. The minimum Gasteiger partial charge on any atom is -0.481 e. The largest absolute Gasteiger partial charge is 0.481 e. The second-order valence-corrected chi connectivity index (χ2v) is 6.86. The number of aryl methyl sites for hydroxylation is 2. The van der Waals surface area contributed by atoms with Gasteiger partial charge in [-0.05, 0) is 38.1 Å². The highest BCUT2D eigenvalue weighted by Gasteiger charge is 2.20. The van der Waals surface area contributed by atoms with Gasteiger partial charge in [0, 0.05) is 55.4 Å². The normalized spacial score (nSPS) is 14.2. The molecule has 0 radical (unpaired) electrons. The molecule has 0 unspecified atom stereocenters. The lowest BCUT2D eigenvalue weighted by Crippen LogP contribution is -2.47. The van der Waals surface area contributed by atoms with E-state index in [-0.39, 0.29) is 0 Å². The highest BCUT2D eigenvalue weighted by Crippen LogP contribution is 2.23. The van der Waals surface area contributed by atoms with E-state index in [1.54, 1.807) is 7.11 Å². The number of pyridine rings is 2. The summed E-state index contributed by atoms with van der Waals surface area (Å²) in [6, 6.07) is 9.99. The zero-order valence-electron chi connectivity index (χ0n) is 16.5. The number of piperazine rings is 1. The van der Waals surface area contributed by atoms with Gasteiger partial charge in [0.15, 0.2) is 0 Å². The monoisotopic (exact) mass is 376 g/mol. The predicted molar refractivity (Wildman–Crippen MR) is 110 cm³/mol. The quantitative estimate of drug-likeness (QED) is 0.693. The van der Waals surface area contributed by atoms with Gasteiger partial charge >= 0.3 is 0 Å². The molecular weight excluding hydrogens is 352 g/mol. The molecule has 7 nitrogen and oxygen atoms in total. The van der Waals surface area contributed by atoms with Crippen LogP contribution in [-0.2, 0) is 0 Å². The van der Waals surface area contributed by atoms with Crippen LogP contribution >= 0.6 is 0 Å². The molecule has 4 heterocycles. The molecule has 0 saturated carbocycles. The van der Waals surface area contributed by atoms with Crippen molar-refractivity contribution in [3.05, 3.63) is 54.1 Å². The van der Waals surface area contributed by atoms with Crippen LogP contribution in [0.15, 0.2) is 42.7 Å². The average Bonchev–Trinajstić information content (AvgIpc) is 2.74. The fraction of sp³-hybridized carbons (Fsp3) is 0.333. The van der Waals surface area contributed by atoms with Crippen molar-refractivity contribution >= 4 is 11.6 Å². The molecule has 1 aliphatic rings. The van der Waals surface area contributed by atoms with Crippen LogP contribution < -0.4 is 14.5 Å². The van der Waals surface area contributed by atoms with Crippen LogP contribution in [0.5, 0.6) is 5.88 Å². The van der Waals surface area contributed by atoms with Gasteiger partial charge in [0.25, 0.3) is 0 Å². The first-order valence-corrected chi connectivity index (χ1v) is 9.41. The van der Waals surface area contributed by atoms with Crippen LogP contribution in [0.2, 0.25) is 0 Å². The lowest BCUT2D eigenvalue weighted by Gasteiger charge is -2.36. The summed E-state index contributed by atoms with van der Waals surface area (Å²) in [4.78, 5) is 22.7. The molecule has 0 spiro atoms. The molecule has 0 aromatic carbocycles. The van der Waals surface area contributed by atoms with Crippen LogP contribution in [0.1, 0.15) is 11.4 Å². The SMILES string of the molecule is COc1ccc(N2CCN(c3nccc(-c4ccc(C)nc4C)n3)CC2)cn1. The van der Waals surface area contributed by atoms with Gasteiger partial charge in [-0.25, -0.2) is 15.0 Å². The summed E-state index contributed by atoms with van der Waals surface area (Å²) >= 11 is 0. The fourth-order valence-electron chi connectivity index (χ4n) is 3.45. The highest BCUT2D eigenvalue weighted by atomic mass is 16.5. The summed E-state index contributed by atoms with van der Waals surface area (Å²) in [6.45, 7) is 7.53. The van der Waals surface area contributed by atoms with Crippen LogP contribution in [0.3, 0.4) is 0 Å². The average molecular weight is 376 g/mol. The van der Waals surface area contributed by atoms with Crippen molar-refractivity contribution in [1.29, 1.82) is 0 Å². The van der Waals surface area contributed by atoms with E-state index in [1.807, 2.05) is 50.5 Å². The molecule has 7 heteroatoms. The van der Waals surface area contributed by atoms with Crippen molar-refractivity contribution in [2.45, 2.75) is 13.8 Å². The van der Waals surface area contributed by atoms with E-state index in [0.717, 1.165) is 60.5 Å². The van der Waals surface area contributed by atoms with E-state index in [2.05, 4.69) is 30.8 Å². The van der Waals surface area contributed by atoms with Crippen molar-refractivity contribution in [3.63, 3.8) is 0 Å². The number of rotatable bonds is 4. The lowest BCUT2D eigenvalue weighted by molar-refractivity contribution is 0.398. The maximum atomic E-state index is 5.14. The molecule has 0 aliphatic carbocycles. The zero-order chi connectivity index (χ0) is 19.5. The number of hydrogen-bond acceptors (Lipinski definition) is 7. The van der Waals surface area contributed by atoms with Crippen molar-refractivity contribution in [1.82, 2.24) is 19.9 Å². The summed E-state index contributed by atoms with van der Waals surface area (Å²) in [6.07, 6.45) is 3.69. The Morgan fingerprint density at radius 3 is 2.32 bits per heavy atom. The van der Waals surface area contributed by atoms with E-state index < -0.39 is 0 Å². The Labute approximate surface area is 165 Å². The molecule has 4 rings (SSSR count). The van der Waals surface area contributed by atoms with Gasteiger partial charge in [0.2, 0.25) is 11.8 Å². The van der Waals surface area contributed by atoms with Gasteiger partial charge in [-0.1, -0.05) is 0 Å². The number of anilines is 2. The predicted octanol–water partition coefficient (Wildman–Crippen LogP) is 2.89. The molecule has 1 fully saturated rings. The molecule has 3 aromatic heterocycles. The molecule has 0 bridgehead atoms. The standard InChI is InChI=1S/C21H24N6O/c1-15-4-6-18(16(2)24-15)19-8-9-22-21(25-19)27-12-10-26(11-13-27)17-5-7-20(28-3)23-14-17/h4-9,14H,10-13H2,1-3H3. The van der Waals surface area contributed by atoms with Crippen LogP contribution in [-0.4, -0.2) is 53.2 Å². The second-order valence-electron chi connectivity index (χ2n) is 6.86. The minimum atomic E-state index is 0.633. The van der Waals surface area contributed by atoms with Gasteiger partial charge in [-0.3, -0.25) is 4.98 Å². The first-order chi connectivity index (χ1) is 13.6. The molecule has 1 saturated heterocycles. The summed E-state index contributed by atoms with van der Waals surface area (Å²) in [5.74, 6) is 1.40. The molecule has 144 valence electrons. The molecule has 0 atom stereocenters. The second kappa shape index (κ2) is 7.80.